The molecule has 1 heterocycles. The van der Waals surface area contributed by atoms with Crippen LogP contribution in [0.25, 0.3) is 10.9 Å². The molecule has 1 aliphatic carbocycles. The van der Waals surface area contributed by atoms with Gasteiger partial charge >= 0.3 is 0 Å². The average molecular weight is 254 g/mol. The Morgan fingerprint density at radius 1 is 1.37 bits per heavy atom. The molecule has 0 radical (unpaired) electrons. The van der Waals surface area contributed by atoms with Crippen molar-refractivity contribution in [1.82, 2.24) is 10.3 Å². The van der Waals surface area contributed by atoms with E-state index in [4.69, 9.17) is 0 Å². The lowest BCUT2D eigenvalue weighted by Gasteiger charge is -2.19. The predicted molar refractivity (Wildman–Crippen MR) is 80.0 cm³/mol. The van der Waals surface area contributed by atoms with Crippen LogP contribution in [0.2, 0.25) is 0 Å². The fourth-order valence-corrected chi connectivity index (χ4v) is 2.89. The van der Waals surface area contributed by atoms with Gasteiger partial charge in [-0.25, -0.2) is 0 Å². The van der Waals surface area contributed by atoms with Crippen molar-refractivity contribution < 1.29 is 0 Å². The van der Waals surface area contributed by atoms with E-state index in [1.807, 2.05) is 6.07 Å². The summed E-state index contributed by atoms with van der Waals surface area (Å²) >= 11 is 0. The summed E-state index contributed by atoms with van der Waals surface area (Å²) in [5, 5.41) is 4.95. The van der Waals surface area contributed by atoms with E-state index in [0.717, 1.165) is 23.9 Å². The lowest BCUT2D eigenvalue weighted by Crippen LogP contribution is -2.24. The zero-order valence-corrected chi connectivity index (χ0v) is 11.8. The van der Waals surface area contributed by atoms with Gasteiger partial charge in [0.25, 0.3) is 0 Å². The normalized spacial score (nSPS) is 23.5. The molecule has 1 N–H and O–H groups in total. The molecule has 3 atom stereocenters. The van der Waals surface area contributed by atoms with E-state index in [0.29, 0.717) is 6.04 Å². The summed E-state index contributed by atoms with van der Waals surface area (Å²) in [4.78, 5) is 4.61. The smallest absolute Gasteiger partial charge is 0.0702 e. The molecule has 3 rings (SSSR count). The number of hydrogen-bond acceptors (Lipinski definition) is 2. The third-order valence-corrected chi connectivity index (χ3v) is 4.18. The van der Waals surface area contributed by atoms with Crippen molar-refractivity contribution in [1.29, 1.82) is 0 Å². The second-order valence-electron chi connectivity index (χ2n) is 5.77. The van der Waals surface area contributed by atoms with Crippen LogP contribution in [-0.4, -0.2) is 11.5 Å². The second kappa shape index (κ2) is 5.30. The first-order chi connectivity index (χ1) is 9.29. The van der Waals surface area contributed by atoms with Crippen molar-refractivity contribution in [2.24, 2.45) is 11.8 Å². The van der Waals surface area contributed by atoms with E-state index >= 15 is 0 Å². The van der Waals surface area contributed by atoms with Crippen molar-refractivity contribution in [3.05, 3.63) is 42.1 Å². The van der Waals surface area contributed by atoms with Crippen LogP contribution >= 0.6 is 0 Å². The van der Waals surface area contributed by atoms with Gasteiger partial charge in [-0.3, -0.25) is 4.98 Å². The van der Waals surface area contributed by atoms with Crippen molar-refractivity contribution in [3.63, 3.8) is 0 Å². The minimum atomic E-state index is 0.479. The molecule has 0 bridgehead atoms. The fourth-order valence-electron chi connectivity index (χ4n) is 2.89. The summed E-state index contributed by atoms with van der Waals surface area (Å²) in [6, 6.07) is 11.1. The summed E-state index contributed by atoms with van der Waals surface area (Å²) in [7, 11) is 0. The number of rotatable bonds is 5. The minimum absolute atomic E-state index is 0.479. The number of pyridine rings is 1. The van der Waals surface area contributed by atoms with E-state index in [-0.39, 0.29) is 0 Å². The number of benzene rings is 1. The fraction of sp³-hybridized carbons (Fsp3) is 0.471. The molecule has 100 valence electrons. The maximum absolute atomic E-state index is 4.61. The standard InChI is InChI=1S/C17H22N2/c1-3-8-18-17(15-9-12(15)2)14-10-13-6-4-5-7-16(13)19-11-14/h4-7,10-12,15,17-18H,3,8-9H2,1-2H3. The summed E-state index contributed by atoms with van der Waals surface area (Å²) < 4.78 is 0. The first-order valence-corrected chi connectivity index (χ1v) is 7.37. The lowest BCUT2D eigenvalue weighted by atomic mass is 10.0. The Hall–Kier alpha value is -1.41. The van der Waals surface area contributed by atoms with Crippen LogP contribution < -0.4 is 5.32 Å². The number of hydrogen-bond donors (Lipinski definition) is 1. The zero-order valence-electron chi connectivity index (χ0n) is 11.8. The molecule has 1 fully saturated rings. The van der Waals surface area contributed by atoms with Crippen molar-refractivity contribution >= 4 is 10.9 Å². The van der Waals surface area contributed by atoms with Crippen LogP contribution in [0.3, 0.4) is 0 Å². The van der Waals surface area contributed by atoms with Gasteiger partial charge in [0, 0.05) is 17.6 Å². The molecule has 2 heteroatoms. The molecule has 0 amide bonds. The molecule has 0 spiro atoms. The number of fused-ring (bicyclic) bond motifs is 1. The quantitative estimate of drug-likeness (QED) is 0.874. The number of nitrogens with zero attached hydrogens (tertiary/aromatic N) is 1. The SMILES string of the molecule is CCCNC(c1cnc2ccccc2c1)C1CC1C. The molecule has 1 saturated carbocycles. The minimum Gasteiger partial charge on any atom is -0.310 e. The summed E-state index contributed by atoms with van der Waals surface area (Å²) in [6.45, 7) is 5.65. The molecular formula is C17H22N2. The van der Waals surface area contributed by atoms with Crippen molar-refractivity contribution in [2.75, 3.05) is 6.54 Å². The van der Waals surface area contributed by atoms with E-state index < -0.39 is 0 Å². The van der Waals surface area contributed by atoms with Gasteiger partial charge in [-0.15, -0.1) is 0 Å². The molecular weight excluding hydrogens is 232 g/mol. The lowest BCUT2D eigenvalue weighted by molar-refractivity contribution is 0.462. The molecule has 19 heavy (non-hydrogen) atoms. The highest BCUT2D eigenvalue weighted by Crippen LogP contribution is 2.47. The highest BCUT2D eigenvalue weighted by Gasteiger charge is 2.39. The highest BCUT2D eigenvalue weighted by atomic mass is 14.9. The maximum atomic E-state index is 4.61. The first-order valence-electron chi connectivity index (χ1n) is 7.37. The van der Waals surface area contributed by atoms with Crippen molar-refractivity contribution in [3.8, 4) is 0 Å². The second-order valence-corrected chi connectivity index (χ2v) is 5.77. The summed E-state index contributed by atoms with van der Waals surface area (Å²) in [5.74, 6) is 1.63. The van der Waals surface area contributed by atoms with Gasteiger partial charge in [0.2, 0.25) is 0 Å². The van der Waals surface area contributed by atoms with Crippen LogP contribution in [-0.2, 0) is 0 Å². The Kier molecular flexibility index (Phi) is 3.52. The Morgan fingerprint density at radius 3 is 2.89 bits per heavy atom. The third kappa shape index (κ3) is 2.64. The van der Waals surface area contributed by atoms with Gasteiger partial charge in [0.15, 0.2) is 0 Å². The molecule has 1 aromatic heterocycles. The van der Waals surface area contributed by atoms with Gasteiger partial charge in [-0.05, 0) is 48.9 Å². The average Bonchev–Trinajstić information content (AvgIpc) is 3.16. The van der Waals surface area contributed by atoms with Crippen LogP contribution in [0.15, 0.2) is 36.5 Å². The molecule has 2 aromatic rings. The van der Waals surface area contributed by atoms with Gasteiger partial charge in [0.1, 0.15) is 0 Å². The molecule has 3 unspecified atom stereocenters. The number of para-hydroxylation sites is 1. The zero-order chi connectivity index (χ0) is 13.2. The number of nitrogens with one attached hydrogen (secondary N) is 1. The molecule has 1 aromatic carbocycles. The van der Waals surface area contributed by atoms with Gasteiger partial charge in [-0.1, -0.05) is 32.0 Å². The molecule has 0 aliphatic heterocycles. The third-order valence-electron chi connectivity index (χ3n) is 4.18. The molecule has 1 aliphatic rings. The summed E-state index contributed by atoms with van der Waals surface area (Å²) in [5.41, 5.74) is 2.44. The predicted octanol–water partition coefficient (Wildman–Crippen LogP) is 3.93. The Balaban J connectivity index is 1.90. The van der Waals surface area contributed by atoms with Gasteiger partial charge in [-0.2, -0.15) is 0 Å². The van der Waals surface area contributed by atoms with E-state index in [9.17, 15) is 0 Å². The monoisotopic (exact) mass is 254 g/mol. The Labute approximate surface area is 115 Å². The Bertz CT molecular complexity index is 564. The van der Waals surface area contributed by atoms with Crippen molar-refractivity contribution in [2.45, 2.75) is 32.7 Å². The van der Waals surface area contributed by atoms with Gasteiger partial charge in [0.05, 0.1) is 5.52 Å². The van der Waals surface area contributed by atoms with Crippen LogP contribution in [0.1, 0.15) is 38.3 Å². The van der Waals surface area contributed by atoms with E-state index in [1.165, 1.54) is 23.8 Å². The van der Waals surface area contributed by atoms with Crippen LogP contribution in [0.4, 0.5) is 0 Å². The molecule has 2 nitrogen and oxygen atoms in total. The van der Waals surface area contributed by atoms with Crippen LogP contribution in [0.5, 0.6) is 0 Å². The van der Waals surface area contributed by atoms with E-state index in [2.05, 4.69) is 54.6 Å². The largest absolute Gasteiger partial charge is 0.310 e. The Morgan fingerprint density at radius 2 is 2.16 bits per heavy atom. The molecule has 0 saturated heterocycles. The summed E-state index contributed by atoms with van der Waals surface area (Å²) in [6.07, 6.45) is 4.58. The van der Waals surface area contributed by atoms with Crippen LogP contribution in [0, 0.1) is 11.8 Å². The highest BCUT2D eigenvalue weighted by molar-refractivity contribution is 5.78. The van der Waals surface area contributed by atoms with E-state index in [1.54, 1.807) is 0 Å². The topological polar surface area (TPSA) is 24.9 Å². The maximum Gasteiger partial charge on any atom is 0.0702 e. The first kappa shape index (κ1) is 12.6. The number of aromatic nitrogens is 1. The van der Waals surface area contributed by atoms with Gasteiger partial charge < -0.3 is 5.32 Å².